The SMILES string of the molecule is C[C@@H]1CN(c2ccc(NCC3CCC(N)CC3)c(F)c2F)C[C@H](C)O1. The predicted octanol–water partition coefficient (Wildman–Crippen LogP) is 3.51. The van der Waals surface area contributed by atoms with Crippen LogP contribution in [0.1, 0.15) is 39.5 Å². The highest BCUT2D eigenvalue weighted by Crippen LogP contribution is 2.30. The number of rotatable bonds is 4. The van der Waals surface area contributed by atoms with Crippen molar-refractivity contribution in [2.24, 2.45) is 11.7 Å². The molecule has 0 bridgehead atoms. The summed E-state index contributed by atoms with van der Waals surface area (Å²) in [6, 6.07) is 3.61. The normalized spacial score (nSPS) is 30.4. The van der Waals surface area contributed by atoms with Crippen molar-refractivity contribution in [3.63, 3.8) is 0 Å². The van der Waals surface area contributed by atoms with Gasteiger partial charge in [0.1, 0.15) is 0 Å². The number of halogens is 2. The summed E-state index contributed by atoms with van der Waals surface area (Å²) in [7, 11) is 0. The van der Waals surface area contributed by atoms with Gasteiger partial charge in [-0.2, -0.15) is 0 Å². The summed E-state index contributed by atoms with van der Waals surface area (Å²) >= 11 is 0. The van der Waals surface area contributed by atoms with E-state index < -0.39 is 11.6 Å². The maximum Gasteiger partial charge on any atom is 0.184 e. The lowest BCUT2D eigenvalue weighted by Crippen LogP contribution is -2.45. The Morgan fingerprint density at radius 2 is 1.72 bits per heavy atom. The van der Waals surface area contributed by atoms with E-state index in [1.807, 2.05) is 18.7 Å². The molecule has 1 saturated heterocycles. The van der Waals surface area contributed by atoms with E-state index >= 15 is 0 Å². The topological polar surface area (TPSA) is 50.5 Å². The molecule has 2 aliphatic rings. The van der Waals surface area contributed by atoms with Gasteiger partial charge in [0.25, 0.3) is 0 Å². The number of hydrogen-bond donors (Lipinski definition) is 2. The van der Waals surface area contributed by atoms with E-state index in [1.54, 1.807) is 12.1 Å². The smallest absolute Gasteiger partial charge is 0.184 e. The van der Waals surface area contributed by atoms with Crippen molar-refractivity contribution in [3.05, 3.63) is 23.8 Å². The molecular formula is C19H29F2N3O. The molecule has 1 aliphatic carbocycles. The van der Waals surface area contributed by atoms with Crippen LogP contribution in [0.4, 0.5) is 20.2 Å². The Morgan fingerprint density at radius 3 is 2.36 bits per heavy atom. The molecule has 2 fully saturated rings. The van der Waals surface area contributed by atoms with Gasteiger partial charge in [0.15, 0.2) is 11.6 Å². The number of anilines is 2. The van der Waals surface area contributed by atoms with Crippen molar-refractivity contribution in [2.75, 3.05) is 29.9 Å². The van der Waals surface area contributed by atoms with E-state index in [1.165, 1.54) is 0 Å². The highest BCUT2D eigenvalue weighted by Gasteiger charge is 2.26. The maximum absolute atomic E-state index is 14.6. The Balaban J connectivity index is 1.66. The van der Waals surface area contributed by atoms with Crippen LogP contribution in [0.15, 0.2) is 12.1 Å². The number of nitrogens with one attached hydrogen (secondary N) is 1. The lowest BCUT2D eigenvalue weighted by Gasteiger charge is -2.37. The molecule has 4 nitrogen and oxygen atoms in total. The second kappa shape index (κ2) is 7.87. The molecule has 1 aliphatic heterocycles. The second-order valence-corrected chi connectivity index (χ2v) is 7.58. The van der Waals surface area contributed by atoms with Crippen LogP contribution in [0, 0.1) is 17.6 Å². The van der Waals surface area contributed by atoms with Gasteiger partial charge < -0.3 is 20.7 Å². The molecule has 2 atom stereocenters. The molecule has 140 valence electrons. The van der Waals surface area contributed by atoms with Gasteiger partial charge in [-0.15, -0.1) is 0 Å². The van der Waals surface area contributed by atoms with Gasteiger partial charge >= 0.3 is 0 Å². The van der Waals surface area contributed by atoms with Crippen molar-refractivity contribution in [1.29, 1.82) is 0 Å². The van der Waals surface area contributed by atoms with Gasteiger partial charge in [0.2, 0.25) is 0 Å². The zero-order valence-corrected chi connectivity index (χ0v) is 15.1. The zero-order valence-electron chi connectivity index (χ0n) is 15.1. The average molecular weight is 353 g/mol. The van der Waals surface area contributed by atoms with E-state index in [2.05, 4.69) is 5.32 Å². The van der Waals surface area contributed by atoms with Crippen LogP contribution >= 0.6 is 0 Å². The van der Waals surface area contributed by atoms with Crippen molar-refractivity contribution in [3.8, 4) is 0 Å². The lowest BCUT2D eigenvalue weighted by molar-refractivity contribution is -0.00542. The highest BCUT2D eigenvalue weighted by atomic mass is 19.2. The third-order valence-electron chi connectivity index (χ3n) is 5.29. The summed E-state index contributed by atoms with van der Waals surface area (Å²) in [6.07, 6.45) is 4.11. The Bertz CT molecular complexity index is 580. The average Bonchev–Trinajstić information content (AvgIpc) is 2.57. The molecular weight excluding hydrogens is 324 g/mol. The van der Waals surface area contributed by atoms with Gasteiger partial charge in [-0.25, -0.2) is 8.78 Å². The first kappa shape index (κ1) is 18.4. The first-order valence-electron chi connectivity index (χ1n) is 9.32. The van der Waals surface area contributed by atoms with Gasteiger partial charge in [-0.05, 0) is 57.6 Å². The van der Waals surface area contributed by atoms with Crippen molar-refractivity contribution < 1.29 is 13.5 Å². The molecule has 3 rings (SSSR count). The fraction of sp³-hybridized carbons (Fsp3) is 0.684. The summed E-state index contributed by atoms with van der Waals surface area (Å²) in [5.41, 5.74) is 6.47. The number of hydrogen-bond acceptors (Lipinski definition) is 4. The standard InChI is InChI=1S/C19H29F2N3O/c1-12-10-24(11-13(2)25-12)17-8-7-16(18(20)19(17)21)23-9-14-3-5-15(22)6-4-14/h7-8,12-15,23H,3-6,9-11,22H2,1-2H3/t12-,13+,14?,15?. The molecule has 1 aromatic carbocycles. The largest absolute Gasteiger partial charge is 0.382 e. The Morgan fingerprint density at radius 1 is 1.08 bits per heavy atom. The van der Waals surface area contributed by atoms with Crippen LogP contribution in [0.2, 0.25) is 0 Å². The van der Waals surface area contributed by atoms with E-state index in [9.17, 15) is 8.78 Å². The summed E-state index contributed by atoms with van der Waals surface area (Å²) in [4.78, 5) is 1.86. The van der Waals surface area contributed by atoms with E-state index in [-0.39, 0.29) is 17.9 Å². The fourth-order valence-electron chi connectivity index (χ4n) is 3.94. The van der Waals surface area contributed by atoms with E-state index in [0.717, 1.165) is 25.7 Å². The first-order chi connectivity index (χ1) is 11.9. The molecule has 3 N–H and O–H groups in total. The van der Waals surface area contributed by atoms with Gasteiger partial charge in [0, 0.05) is 25.7 Å². The number of benzene rings is 1. The van der Waals surface area contributed by atoms with E-state index in [4.69, 9.17) is 10.5 Å². The summed E-state index contributed by atoms with van der Waals surface area (Å²) < 4.78 is 34.8. The Labute approximate surface area is 148 Å². The third-order valence-corrected chi connectivity index (χ3v) is 5.29. The van der Waals surface area contributed by atoms with Gasteiger partial charge in [-0.1, -0.05) is 0 Å². The minimum absolute atomic E-state index is 0.00156. The van der Waals surface area contributed by atoms with Gasteiger partial charge in [0.05, 0.1) is 23.6 Å². The third kappa shape index (κ3) is 4.42. The molecule has 25 heavy (non-hydrogen) atoms. The Kier molecular flexibility index (Phi) is 5.79. The van der Waals surface area contributed by atoms with Crippen molar-refractivity contribution >= 4 is 11.4 Å². The van der Waals surface area contributed by atoms with Crippen LogP contribution in [0.5, 0.6) is 0 Å². The Hall–Kier alpha value is -1.40. The maximum atomic E-state index is 14.6. The van der Waals surface area contributed by atoms with Crippen LogP contribution in [-0.4, -0.2) is 37.9 Å². The fourth-order valence-corrected chi connectivity index (χ4v) is 3.94. The lowest BCUT2D eigenvalue weighted by atomic mass is 9.86. The van der Waals surface area contributed by atoms with Crippen LogP contribution in [0.3, 0.4) is 0 Å². The van der Waals surface area contributed by atoms with Gasteiger partial charge in [-0.3, -0.25) is 0 Å². The van der Waals surface area contributed by atoms with Crippen LogP contribution in [0.25, 0.3) is 0 Å². The quantitative estimate of drug-likeness (QED) is 0.870. The second-order valence-electron chi connectivity index (χ2n) is 7.58. The van der Waals surface area contributed by atoms with Crippen LogP contribution in [-0.2, 0) is 4.74 Å². The first-order valence-corrected chi connectivity index (χ1v) is 9.32. The molecule has 0 spiro atoms. The molecule has 0 unspecified atom stereocenters. The molecule has 0 aromatic heterocycles. The molecule has 1 aromatic rings. The minimum Gasteiger partial charge on any atom is -0.382 e. The van der Waals surface area contributed by atoms with Crippen LogP contribution < -0.4 is 16.0 Å². The summed E-state index contributed by atoms with van der Waals surface area (Å²) in [5, 5.41) is 3.09. The van der Waals surface area contributed by atoms with Crippen molar-refractivity contribution in [2.45, 2.75) is 57.8 Å². The molecule has 0 radical (unpaired) electrons. The summed E-state index contributed by atoms with van der Waals surface area (Å²) in [5.74, 6) is -1.10. The predicted molar refractivity (Wildman–Crippen MR) is 97.0 cm³/mol. The number of morpholine rings is 1. The number of nitrogens with zero attached hydrogens (tertiary/aromatic N) is 1. The minimum atomic E-state index is -0.795. The van der Waals surface area contributed by atoms with Crippen molar-refractivity contribution in [1.82, 2.24) is 0 Å². The van der Waals surface area contributed by atoms with E-state index in [0.29, 0.717) is 37.3 Å². The monoisotopic (exact) mass is 353 g/mol. The molecule has 1 heterocycles. The highest BCUT2D eigenvalue weighted by molar-refractivity contribution is 5.58. The summed E-state index contributed by atoms with van der Waals surface area (Å²) in [6.45, 7) is 5.69. The zero-order chi connectivity index (χ0) is 18.0. The number of ether oxygens (including phenoxy) is 1. The number of nitrogens with two attached hydrogens (primary N) is 1. The molecule has 6 heteroatoms. The molecule has 0 amide bonds. The molecule has 1 saturated carbocycles.